The molecule has 0 aliphatic rings. The van der Waals surface area contributed by atoms with Crippen LogP contribution in [0, 0.1) is 0 Å². The van der Waals surface area contributed by atoms with Crippen LogP contribution in [0.25, 0.3) is 0 Å². The predicted octanol–water partition coefficient (Wildman–Crippen LogP) is 0.831. The van der Waals surface area contributed by atoms with Gasteiger partial charge in [0.15, 0.2) is 0 Å². The van der Waals surface area contributed by atoms with Crippen molar-refractivity contribution in [1.29, 1.82) is 0 Å². The number of para-hydroxylation sites is 1. The molecule has 0 fully saturated rings. The van der Waals surface area contributed by atoms with Crippen molar-refractivity contribution in [3.63, 3.8) is 0 Å². The van der Waals surface area contributed by atoms with Crippen LogP contribution in [0.1, 0.15) is 13.3 Å². The van der Waals surface area contributed by atoms with Crippen LogP contribution in [0.2, 0.25) is 0 Å². The number of rotatable bonds is 8. The first-order valence-electron chi connectivity index (χ1n) is 6.26. The van der Waals surface area contributed by atoms with Crippen molar-refractivity contribution in [2.75, 3.05) is 30.4 Å². The second-order valence-corrected chi connectivity index (χ2v) is 8.45. The third-order valence-electron chi connectivity index (χ3n) is 2.51. The second kappa shape index (κ2) is 7.05. The van der Waals surface area contributed by atoms with Crippen molar-refractivity contribution in [1.82, 2.24) is 4.72 Å². The summed E-state index contributed by atoms with van der Waals surface area (Å²) in [6.45, 7) is 2.40. The summed E-state index contributed by atoms with van der Waals surface area (Å²) in [5.74, 6) is -0.0518. The van der Waals surface area contributed by atoms with Gasteiger partial charge in [-0.15, -0.1) is 0 Å². The molecule has 0 unspecified atom stereocenters. The largest absolute Gasteiger partial charge is 0.383 e. The second-order valence-electron chi connectivity index (χ2n) is 4.45. The van der Waals surface area contributed by atoms with Crippen LogP contribution in [-0.4, -0.2) is 41.9 Å². The third kappa shape index (κ3) is 5.48. The fourth-order valence-electron chi connectivity index (χ4n) is 1.53. The number of hydrogen-bond donors (Lipinski definition) is 2. The Kier molecular flexibility index (Phi) is 5.97. The summed E-state index contributed by atoms with van der Waals surface area (Å²) in [4.78, 5) is 0.127. The van der Waals surface area contributed by atoms with Gasteiger partial charge in [0.2, 0.25) is 10.0 Å². The lowest BCUT2D eigenvalue weighted by molar-refractivity contribution is 0.581. The fourth-order valence-corrected chi connectivity index (χ4v) is 3.32. The Bertz CT molecular complexity index is 639. The molecular formula is C12H20N2O4S2. The van der Waals surface area contributed by atoms with Crippen molar-refractivity contribution in [2.45, 2.75) is 18.2 Å². The average molecular weight is 320 g/mol. The van der Waals surface area contributed by atoms with E-state index in [0.717, 1.165) is 6.26 Å². The molecule has 6 nitrogen and oxygen atoms in total. The molecule has 0 saturated heterocycles. The number of nitrogens with one attached hydrogen (secondary N) is 2. The quantitative estimate of drug-likeness (QED) is 0.740. The Balaban J connectivity index is 2.88. The van der Waals surface area contributed by atoms with E-state index in [9.17, 15) is 16.8 Å². The number of hydrogen-bond acceptors (Lipinski definition) is 5. The molecule has 0 heterocycles. The van der Waals surface area contributed by atoms with E-state index in [2.05, 4.69) is 10.0 Å². The Morgan fingerprint density at radius 3 is 2.30 bits per heavy atom. The van der Waals surface area contributed by atoms with E-state index >= 15 is 0 Å². The first-order valence-corrected chi connectivity index (χ1v) is 9.81. The van der Waals surface area contributed by atoms with E-state index in [4.69, 9.17) is 0 Å². The molecule has 1 aromatic carbocycles. The zero-order chi connectivity index (χ0) is 15.2. The average Bonchev–Trinajstić information content (AvgIpc) is 2.35. The van der Waals surface area contributed by atoms with Gasteiger partial charge in [-0.2, -0.15) is 0 Å². The number of sulfone groups is 1. The standard InChI is InChI=1S/C12H20N2O4S2/c1-3-8-14-20(17,18)12-7-5-4-6-11(12)13-9-10-19(2,15)16/h4-7,13-14H,3,8-10H2,1-2H3. The third-order valence-corrected chi connectivity index (χ3v) is 4.97. The van der Waals surface area contributed by atoms with Crippen LogP contribution in [0.15, 0.2) is 29.2 Å². The lowest BCUT2D eigenvalue weighted by atomic mass is 10.3. The molecule has 0 aromatic heterocycles. The van der Waals surface area contributed by atoms with E-state index < -0.39 is 19.9 Å². The summed E-state index contributed by atoms with van der Waals surface area (Å²) in [6.07, 6.45) is 1.84. The van der Waals surface area contributed by atoms with Gasteiger partial charge < -0.3 is 5.32 Å². The molecule has 8 heteroatoms. The highest BCUT2D eigenvalue weighted by molar-refractivity contribution is 7.90. The van der Waals surface area contributed by atoms with Gasteiger partial charge >= 0.3 is 0 Å². The molecule has 0 spiro atoms. The van der Waals surface area contributed by atoms with Crippen LogP contribution in [0.5, 0.6) is 0 Å². The van der Waals surface area contributed by atoms with E-state index in [1.54, 1.807) is 18.2 Å². The van der Waals surface area contributed by atoms with Crippen molar-refractivity contribution < 1.29 is 16.8 Å². The number of sulfonamides is 1. The van der Waals surface area contributed by atoms with Gasteiger partial charge in [0, 0.05) is 19.3 Å². The molecule has 0 aliphatic heterocycles. The summed E-state index contributed by atoms with van der Waals surface area (Å²) < 4.78 is 48.8. The number of benzene rings is 1. The highest BCUT2D eigenvalue weighted by Gasteiger charge is 2.17. The molecule has 0 saturated carbocycles. The molecule has 0 radical (unpaired) electrons. The van der Waals surface area contributed by atoms with E-state index in [1.165, 1.54) is 6.07 Å². The van der Waals surface area contributed by atoms with Gasteiger partial charge in [-0.25, -0.2) is 21.6 Å². The number of anilines is 1. The van der Waals surface area contributed by atoms with Gasteiger partial charge in [-0.3, -0.25) is 0 Å². The van der Waals surface area contributed by atoms with Crippen LogP contribution < -0.4 is 10.0 Å². The lowest BCUT2D eigenvalue weighted by Crippen LogP contribution is -2.25. The first kappa shape index (κ1) is 16.9. The maximum atomic E-state index is 12.1. The minimum atomic E-state index is -3.58. The molecule has 1 rings (SSSR count). The minimum absolute atomic E-state index is 0.0518. The Hall–Kier alpha value is -1.12. The Morgan fingerprint density at radius 2 is 1.70 bits per heavy atom. The summed E-state index contributed by atoms with van der Waals surface area (Å²) in [5.41, 5.74) is 0.403. The monoisotopic (exact) mass is 320 g/mol. The summed E-state index contributed by atoms with van der Waals surface area (Å²) in [6, 6.07) is 6.42. The molecule has 114 valence electrons. The van der Waals surface area contributed by atoms with Crippen molar-refractivity contribution in [3.05, 3.63) is 24.3 Å². The maximum absolute atomic E-state index is 12.1. The van der Waals surface area contributed by atoms with E-state index in [0.29, 0.717) is 18.7 Å². The molecule has 1 aromatic rings. The van der Waals surface area contributed by atoms with Gasteiger partial charge in [0.25, 0.3) is 0 Å². The molecule has 0 amide bonds. The normalized spacial score (nSPS) is 12.3. The van der Waals surface area contributed by atoms with Crippen molar-refractivity contribution >= 4 is 25.5 Å². The van der Waals surface area contributed by atoms with Gasteiger partial charge in [-0.1, -0.05) is 19.1 Å². The minimum Gasteiger partial charge on any atom is -0.383 e. The van der Waals surface area contributed by atoms with Crippen molar-refractivity contribution in [3.8, 4) is 0 Å². The van der Waals surface area contributed by atoms with Gasteiger partial charge in [0.05, 0.1) is 11.4 Å². The molecule has 20 heavy (non-hydrogen) atoms. The molecule has 2 N–H and O–H groups in total. The molecule has 0 atom stereocenters. The van der Waals surface area contributed by atoms with Crippen molar-refractivity contribution in [2.24, 2.45) is 0 Å². The molecular weight excluding hydrogens is 300 g/mol. The van der Waals surface area contributed by atoms with Crippen LogP contribution in [0.3, 0.4) is 0 Å². The topological polar surface area (TPSA) is 92.3 Å². The fraction of sp³-hybridized carbons (Fsp3) is 0.500. The lowest BCUT2D eigenvalue weighted by Gasteiger charge is -2.12. The van der Waals surface area contributed by atoms with Crippen LogP contribution in [0.4, 0.5) is 5.69 Å². The highest BCUT2D eigenvalue weighted by atomic mass is 32.2. The zero-order valence-corrected chi connectivity index (χ0v) is 13.2. The summed E-state index contributed by atoms with van der Waals surface area (Å²) in [5, 5.41) is 2.85. The Morgan fingerprint density at radius 1 is 1.05 bits per heavy atom. The molecule has 0 aliphatic carbocycles. The zero-order valence-electron chi connectivity index (χ0n) is 11.6. The van der Waals surface area contributed by atoms with Crippen LogP contribution in [-0.2, 0) is 19.9 Å². The van der Waals surface area contributed by atoms with E-state index in [1.807, 2.05) is 6.92 Å². The maximum Gasteiger partial charge on any atom is 0.242 e. The smallest absolute Gasteiger partial charge is 0.242 e. The summed E-state index contributed by atoms with van der Waals surface area (Å²) in [7, 11) is -6.67. The highest BCUT2D eigenvalue weighted by Crippen LogP contribution is 2.20. The SMILES string of the molecule is CCCNS(=O)(=O)c1ccccc1NCCS(C)(=O)=O. The van der Waals surface area contributed by atoms with Gasteiger partial charge in [-0.05, 0) is 18.6 Å². The predicted molar refractivity (Wildman–Crippen MR) is 80.1 cm³/mol. The van der Waals surface area contributed by atoms with Gasteiger partial charge in [0.1, 0.15) is 14.7 Å². The van der Waals surface area contributed by atoms with Crippen LogP contribution >= 0.6 is 0 Å². The summed E-state index contributed by atoms with van der Waals surface area (Å²) >= 11 is 0. The molecule has 0 bridgehead atoms. The van der Waals surface area contributed by atoms with E-state index in [-0.39, 0.29) is 17.2 Å². The first-order chi connectivity index (χ1) is 9.26. The Labute approximate surface area is 120 Å².